The molecule has 2 rings (SSSR count). The molecule has 1 heterocycles. The Bertz CT molecular complexity index is 615. The van der Waals surface area contributed by atoms with E-state index in [1.807, 2.05) is 24.3 Å². The monoisotopic (exact) mass is 268 g/mol. The van der Waals surface area contributed by atoms with Crippen LogP contribution in [0.15, 0.2) is 24.3 Å². The van der Waals surface area contributed by atoms with Crippen molar-refractivity contribution in [3.05, 3.63) is 30.0 Å². The van der Waals surface area contributed by atoms with Crippen molar-refractivity contribution < 1.29 is 0 Å². The highest BCUT2D eigenvalue weighted by atomic mass is 15.1. The van der Waals surface area contributed by atoms with E-state index in [9.17, 15) is 5.26 Å². The van der Waals surface area contributed by atoms with E-state index in [4.69, 9.17) is 0 Å². The quantitative estimate of drug-likeness (QED) is 0.807. The van der Waals surface area contributed by atoms with E-state index < -0.39 is 0 Å². The van der Waals surface area contributed by atoms with Crippen molar-refractivity contribution in [3.63, 3.8) is 0 Å². The zero-order valence-electron chi connectivity index (χ0n) is 12.1. The Morgan fingerprint density at radius 1 is 1.25 bits per heavy atom. The second-order valence-electron chi connectivity index (χ2n) is 5.09. The van der Waals surface area contributed by atoms with E-state index in [0.29, 0.717) is 11.7 Å². The van der Waals surface area contributed by atoms with Crippen LogP contribution in [0, 0.1) is 11.3 Å². The van der Waals surface area contributed by atoms with E-state index in [0.717, 1.165) is 23.0 Å². The van der Waals surface area contributed by atoms with Gasteiger partial charge in [-0.3, -0.25) is 0 Å². The maximum Gasteiger partial charge on any atom is 0.186 e. The fourth-order valence-electron chi connectivity index (χ4n) is 2.30. The predicted molar refractivity (Wildman–Crippen MR) is 81.5 cm³/mol. The number of unbranched alkanes of at least 4 members (excludes halogenated alkanes) is 2. The molecule has 1 unspecified atom stereocenters. The highest BCUT2D eigenvalue weighted by Crippen LogP contribution is 2.25. The Morgan fingerprint density at radius 3 is 2.80 bits per heavy atom. The number of benzene rings is 1. The van der Waals surface area contributed by atoms with Gasteiger partial charge in [0.05, 0.1) is 11.2 Å². The topological polar surface area (TPSA) is 61.6 Å². The van der Waals surface area contributed by atoms with Gasteiger partial charge < -0.3 is 5.32 Å². The van der Waals surface area contributed by atoms with E-state index in [-0.39, 0.29) is 0 Å². The minimum Gasteiger partial charge on any atom is -0.380 e. The summed E-state index contributed by atoms with van der Waals surface area (Å²) in [4.78, 5) is 0. The number of nitrogens with one attached hydrogen (secondary N) is 1. The molecule has 104 valence electrons. The highest BCUT2D eigenvalue weighted by molar-refractivity contribution is 5.92. The number of aromatic nitrogens is 2. The van der Waals surface area contributed by atoms with Crippen molar-refractivity contribution >= 4 is 16.6 Å². The zero-order valence-corrected chi connectivity index (χ0v) is 12.1. The Balaban J connectivity index is 2.25. The Morgan fingerprint density at radius 2 is 2.05 bits per heavy atom. The Hall–Kier alpha value is -2.15. The molecule has 0 saturated heterocycles. The van der Waals surface area contributed by atoms with Crippen LogP contribution >= 0.6 is 0 Å². The van der Waals surface area contributed by atoms with Gasteiger partial charge in [-0.05, 0) is 19.4 Å². The summed E-state index contributed by atoms with van der Waals surface area (Å²) in [5.74, 6) is 0. The molecule has 0 saturated carbocycles. The molecule has 0 aliphatic heterocycles. The van der Waals surface area contributed by atoms with Gasteiger partial charge in [0.25, 0.3) is 0 Å². The summed E-state index contributed by atoms with van der Waals surface area (Å²) in [5, 5.41) is 21.7. The lowest BCUT2D eigenvalue weighted by Crippen LogP contribution is -2.16. The van der Waals surface area contributed by atoms with Crippen LogP contribution in [-0.2, 0) is 0 Å². The van der Waals surface area contributed by atoms with Gasteiger partial charge in [-0.15, -0.1) is 10.2 Å². The van der Waals surface area contributed by atoms with Crippen molar-refractivity contribution in [2.24, 2.45) is 0 Å². The van der Waals surface area contributed by atoms with Crippen LogP contribution in [0.5, 0.6) is 0 Å². The Kier molecular flexibility index (Phi) is 4.89. The lowest BCUT2D eigenvalue weighted by atomic mass is 10.1. The van der Waals surface area contributed by atoms with Crippen molar-refractivity contribution in [1.82, 2.24) is 10.2 Å². The number of fused-ring (bicyclic) bond motifs is 1. The normalized spacial score (nSPS) is 12.1. The smallest absolute Gasteiger partial charge is 0.186 e. The van der Waals surface area contributed by atoms with Gasteiger partial charge in [0.15, 0.2) is 5.69 Å². The van der Waals surface area contributed by atoms with E-state index in [2.05, 4.69) is 35.4 Å². The van der Waals surface area contributed by atoms with Gasteiger partial charge in [0, 0.05) is 11.4 Å². The van der Waals surface area contributed by atoms with Gasteiger partial charge in [-0.25, -0.2) is 0 Å². The molecule has 0 aliphatic rings. The molecule has 0 bridgehead atoms. The lowest BCUT2D eigenvalue weighted by molar-refractivity contribution is 0.615. The first-order chi connectivity index (χ1) is 9.76. The van der Waals surface area contributed by atoms with Gasteiger partial charge in [-0.2, -0.15) is 5.26 Å². The van der Waals surface area contributed by atoms with Gasteiger partial charge in [0.2, 0.25) is 0 Å². The number of hydrogen-bond donors (Lipinski definition) is 1. The number of rotatable bonds is 6. The summed E-state index contributed by atoms with van der Waals surface area (Å²) in [7, 11) is 0. The third kappa shape index (κ3) is 3.24. The molecular weight excluding hydrogens is 248 g/mol. The number of hydrogen-bond acceptors (Lipinski definition) is 4. The summed E-state index contributed by atoms with van der Waals surface area (Å²) >= 11 is 0. The minimum absolute atomic E-state index is 0.321. The molecule has 4 nitrogen and oxygen atoms in total. The fourth-order valence-corrected chi connectivity index (χ4v) is 2.30. The molecule has 0 spiro atoms. The fraction of sp³-hybridized carbons (Fsp3) is 0.438. The summed E-state index contributed by atoms with van der Waals surface area (Å²) in [5.41, 5.74) is 1.99. The molecule has 2 aromatic rings. The predicted octanol–water partition coefficient (Wildman–Crippen LogP) is 3.88. The van der Waals surface area contributed by atoms with Crippen LogP contribution in [0.3, 0.4) is 0 Å². The Labute approximate surface area is 119 Å². The van der Waals surface area contributed by atoms with Crippen molar-refractivity contribution in [2.45, 2.75) is 45.6 Å². The average Bonchev–Trinajstić information content (AvgIpc) is 2.48. The van der Waals surface area contributed by atoms with E-state index in [1.165, 1.54) is 19.3 Å². The first kappa shape index (κ1) is 14.3. The molecule has 4 heteroatoms. The van der Waals surface area contributed by atoms with Gasteiger partial charge >= 0.3 is 0 Å². The van der Waals surface area contributed by atoms with Gasteiger partial charge in [0.1, 0.15) is 6.07 Å². The van der Waals surface area contributed by atoms with Crippen LogP contribution in [0.1, 0.15) is 45.2 Å². The number of anilines is 1. The second-order valence-corrected chi connectivity index (χ2v) is 5.09. The maximum absolute atomic E-state index is 9.21. The maximum atomic E-state index is 9.21. The summed E-state index contributed by atoms with van der Waals surface area (Å²) in [6.45, 7) is 4.35. The van der Waals surface area contributed by atoms with Crippen molar-refractivity contribution in [1.29, 1.82) is 5.26 Å². The summed E-state index contributed by atoms with van der Waals surface area (Å²) in [6.07, 6.45) is 4.75. The van der Waals surface area contributed by atoms with Crippen LogP contribution < -0.4 is 5.32 Å². The van der Waals surface area contributed by atoms with Crippen LogP contribution in [0.2, 0.25) is 0 Å². The molecule has 1 aromatic heterocycles. The SMILES string of the molecule is CCCCCC(C)Nc1c(C#N)nnc2ccccc12. The first-order valence-corrected chi connectivity index (χ1v) is 7.18. The van der Waals surface area contributed by atoms with E-state index in [1.54, 1.807) is 0 Å². The molecule has 0 aliphatic carbocycles. The van der Waals surface area contributed by atoms with Crippen molar-refractivity contribution in [2.75, 3.05) is 5.32 Å². The van der Waals surface area contributed by atoms with Gasteiger partial charge in [-0.1, -0.05) is 44.4 Å². The molecule has 0 amide bonds. The minimum atomic E-state index is 0.321. The first-order valence-electron chi connectivity index (χ1n) is 7.18. The highest BCUT2D eigenvalue weighted by Gasteiger charge is 2.12. The number of nitriles is 1. The van der Waals surface area contributed by atoms with Crippen LogP contribution in [0.4, 0.5) is 5.69 Å². The molecule has 0 fully saturated rings. The molecular formula is C16H20N4. The molecule has 1 atom stereocenters. The lowest BCUT2D eigenvalue weighted by Gasteiger charge is -2.17. The zero-order chi connectivity index (χ0) is 14.4. The van der Waals surface area contributed by atoms with Crippen molar-refractivity contribution in [3.8, 4) is 6.07 Å². The third-order valence-corrected chi connectivity index (χ3v) is 3.41. The number of nitrogens with zero attached hydrogens (tertiary/aromatic N) is 3. The van der Waals surface area contributed by atoms with Crippen LogP contribution in [0.25, 0.3) is 10.9 Å². The summed E-state index contributed by atoms with van der Waals surface area (Å²) < 4.78 is 0. The molecule has 1 aromatic carbocycles. The average molecular weight is 268 g/mol. The summed E-state index contributed by atoms with van der Waals surface area (Å²) in [6, 6.07) is 10.2. The molecule has 1 N–H and O–H groups in total. The van der Waals surface area contributed by atoms with E-state index >= 15 is 0 Å². The molecule has 0 radical (unpaired) electrons. The third-order valence-electron chi connectivity index (χ3n) is 3.41. The second kappa shape index (κ2) is 6.85. The molecule has 20 heavy (non-hydrogen) atoms. The largest absolute Gasteiger partial charge is 0.380 e. The van der Waals surface area contributed by atoms with Crippen LogP contribution in [-0.4, -0.2) is 16.2 Å². The standard InChI is InChI=1S/C16H20N4/c1-3-4-5-8-12(2)18-16-13-9-6-7-10-14(13)19-20-15(16)11-17/h6-7,9-10,12H,3-5,8H2,1-2H3,(H,18,19).